The molecule has 1 saturated heterocycles. The fraction of sp³-hybridized carbons (Fsp3) is 0.500. The smallest absolute Gasteiger partial charge is 0.308 e. The van der Waals surface area contributed by atoms with Crippen LogP contribution in [0.1, 0.15) is 12.8 Å². The van der Waals surface area contributed by atoms with Gasteiger partial charge >= 0.3 is 5.97 Å². The number of rotatable bonds is 3. The van der Waals surface area contributed by atoms with E-state index < -0.39 is 10.0 Å². The molecule has 1 aliphatic heterocycles. The average Bonchev–Trinajstić information content (AvgIpc) is 2.49. The van der Waals surface area contributed by atoms with Crippen molar-refractivity contribution in [3.63, 3.8) is 0 Å². The number of hydrogen-bond donors (Lipinski definition) is 0. The molecule has 0 unspecified atom stereocenters. The van der Waals surface area contributed by atoms with E-state index in [4.69, 9.17) is 23.2 Å². The van der Waals surface area contributed by atoms with Crippen molar-refractivity contribution in [2.75, 3.05) is 20.2 Å². The number of esters is 1. The number of carbonyl (C=O) groups is 1. The standard InChI is InChI=1S/C12H14Cl2N2O4S/c1-20-12(17)8-2-4-16(5-3-8)21(18,19)9-6-10(13)11(14)15-7-9/h6-8H,2-5H2,1H3. The highest BCUT2D eigenvalue weighted by Gasteiger charge is 2.32. The lowest BCUT2D eigenvalue weighted by molar-refractivity contribution is -0.146. The number of piperidine rings is 1. The minimum atomic E-state index is -3.68. The van der Waals surface area contributed by atoms with Gasteiger partial charge in [0.15, 0.2) is 0 Å². The highest BCUT2D eigenvalue weighted by atomic mass is 35.5. The van der Waals surface area contributed by atoms with E-state index in [1.54, 1.807) is 0 Å². The first-order valence-electron chi connectivity index (χ1n) is 6.25. The van der Waals surface area contributed by atoms with Gasteiger partial charge < -0.3 is 4.74 Å². The van der Waals surface area contributed by atoms with Crippen molar-refractivity contribution >= 4 is 39.2 Å². The summed E-state index contributed by atoms with van der Waals surface area (Å²) in [7, 11) is -2.36. The Morgan fingerprint density at radius 1 is 1.38 bits per heavy atom. The van der Waals surface area contributed by atoms with Gasteiger partial charge in [0.1, 0.15) is 10.0 Å². The number of sulfonamides is 1. The fourth-order valence-electron chi connectivity index (χ4n) is 2.19. The molecule has 2 rings (SSSR count). The largest absolute Gasteiger partial charge is 0.469 e. The zero-order chi connectivity index (χ0) is 15.6. The molecule has 6 nitrogen and oxygen atoms in total. The van der Waals surface area contributed by atoms with Gasteiger partial charge in [0.2, 0.25) is 10.0 Å². The van der Waals surface area contributed by atoms with Crippen LogP contribution in [-0.2, 0) is 19.6 Å². The second kappa shape index (κ2) is 6.48. The average molecular weight is 353 g/mol. The van der Waals surface area contributed by atoms with Crippen LogP contribution in [0.25, 0.3) is 0 Å². The summed E-state index contributed by atoms with van der Waals surface area (Å²) in [5.41, 5.74) is 0. The molecule has 0 N–H and O–H groups in total. The third kappa shape index (κ3) is 3.48. The Morgan fingerprint density at radius 3 is 2.52 bits per heavy atom. The normalized spacial score (nSPS) is 17.7. The number of hydrogen-bond acceptors (Lipinski definition) is 5. The molecule has 0 atom stereocenters. The summed E-state index contributed by atoms with van der Waals surface area (Å²) >= 11 is 11.5. The van der Waals surface area contributed by atoms with Gasteiger partial charge in [-0.25, -0.2) is 13.4 Å². The van der Waals surface area contributed by atoms with Crippen LogP contribution in [0.3, 0.4) is 0 Å². The van der Waals surface area contributed by atoms with Crippen LogP contribution in [0, 0.1) is 5.92 Å². The van der Waals surface area contributed by atoms with Gasteiger partial charge in [0.05, 0.1) is 18.1 Å². The molecule has 0 aromatic carbocycles. The van der Waals surface area contributed by atoms with Gasteiger partial charge in [-0.05, 0) is 18.9 Å². The summed E-state index contributed by atoms with van der Waals surface area (Å²) in [5, 5.41) is 0.141. The van der Waals surface area contributed by atoms with Crippen molar-refractivity contribution in [1.82, 2.24) is 9.29 Å². The maximum absolute atomic E-state index is 12.5. The lowest BCUT2D eigenvalue weighted by Crippen LogP contribution is -2.40. The van der Waals surface area contributed by atoms with Crippen molar-refractivity contribution in [2.45, 2.75) is 17.7 Å². The minimum absolute atomic E-state index is 0.00609. The summed E-state index contributed by atoms with van der Waals surface area (Å²) in [4.78, 5) is 15.2. The number of ether oxygens (including phenoxy) is 1. The molecule has 1 aromatic heterocycles. The molecular formula is C12H14Cl2N2O4S. The first-order chi connectivity index (χ1) is 9.86. The summed E-state index contributed by atoms with van der Waals surface area (Å²) in [5.74, 6) is -0.559. The van der Waals surface area contributed by atoms with Crippen LogP contribution in [0.5, 0.6) is 0 Å². The van der Waals surface area contributed by atoms with Crippen molar-refractivity contribution in [1.29, 1.82) is 0 Å². The summed E-state index contributed by atoms with van der Waals surface area (Å²) < 4.78 is 30.9. The van der Waals surface area contributed by atoms with Crippen LogP contribution >= 0.6 is 23.2 Å². The third-order valence-electron chi connectivity index (χ3n) is 3.40. The summed E-state index contributed by atoms with van der Waals surface area (Å²) in [6.45, 7) is 0.505. The van der Waals surface area contributed by atoms with Crippen LogP contribution in [0.4, 0.5) is 0 Å². The van der Waals surface area contributed by atoms with E-state index in [2.05, 4.69) is 9.72 Å². The number of carbonyl (C=O) groups excluding carboxylic acids is 1. The first kappa shape index (κ1) is 16.5. The highest BCUT2D eigenvalue weighted by molar-refractivity contribution is 7.89. The quantitative estimate of drug-likeness (QED) is 0.613. The van der Waals surface area contributed by atoms with Crippen molar-refractivity contribution in [3.05, 3.63) is 22.4 Å². The Hall–Kier alpha value is -0.890. The Bertz CT molecular complexity index is 643. The molecule has 2 heterocycles. The minimum Gasteiger partial charge on any atom is -0.469 e. The number of pyridine rings is 1. The van der Waals surface area contributed by atoms with Gasteiger partial charge in [-0.3, -0.25) is 4.79 Å². The molecule has 1 aliphatic rings. The molecular weight excluding hydrogens is 339 g/mol. The third-order valence-corrected chi connectivity index (χ3v) is 5.95. The Morgan fingerprint density at radius 2 is 2.00 bits per heavy atom. The SMILES string of the molecule is COC(=O)C1CCN(S(=O)(=O)c2cnc(Cl)c(Cl)c2)CC1. The second-order valence-electron chi connectivity index (χ2n) is 4.65. The lowest BCUT2D eigenvalue weighted by Gasteiger charge is -2.29. The first-order valence-corrected chi connectivity index (χ1v) is 8.45. The van der Waals surface area contributed by atoms with Crippen LogP contribution < -0.4 is 0 Å². The van der Waals surface area contributed by atoms with Crippen LogP contribution in [-0.4, -0.2) is 43.9 Å². The van der Waals surface area contributed by atoms with Crippen molar-refractivity contribution in [2.24, 2.45) is 5.92 Å². The van der Waals surface area contributed by atoms with E-state index in [0.29, 0.717) is 12.8 Å². The molecule has 0 bridgehead atoms. The van der Waals surface area contributed by atoms with Gasteiger partial charge in [0, 0.05) is 19.3 Å². The summed E-state index contributed by atoms with van der Waals surface area (Å²) in [6.07, 6.45) is 2.04. The van der Waals surface area contributed by atoms with Crippen molar-refractivity contribution in [3.8, 4) is 0 Å². The maximum Gasteiger partial charge on any atom is 0.308 e. The second-order valence-corrected chi connectivity index (χ2v) is 7.35. The molecule has 21 heavy (non-hydrogen) atoms. The monoisotopic (exact) mass is 352 g/mol. The zero-order valence-electron chi connectivity index (χ0n) is 11.3. The van der Waals surface area contributed by atoms with Crippen LogP contribution in [0.2, 0.25) is 10.2 Å². The fourth-order valence-corrected chi connectivity index (χ4v) is 3.97. The lowest BCUT2D eigenvalue weighted by atomic mass is 9.99. The van der Waals surface area contributed by atoms with E-state index in [1.807, 2.05) is 0 Å². The molecule has 1 fully saturated rings. The van der Waals surface area contributed by atoms with Gasteiger partial charge in [-0.15, -0.1) is 0 Å². The summed E-state index contributed by atoms with van der Waals surface area (Å²) in [6, 6.07) is 1.28. The number of aromatic nitrogens is 1. The van der Waals surface area contributed by atoms with Gasteiger partial charge in [-0.2, -0.15) is 4.31 Å². The molecule has 0 saturated carbocycles. The van der Waals surface area contributed by atoms with Crippen molar-refractivity contribution < 1.29 is 17.9 Å². The Kier molecular flexibility index (Phi) is 5.08. The van der Waals surface area contributed by atoms with Crippen LogP contribution in [0.15, 0.2) is 17.2 Å². The predicted molar refractivity (Wildman–Crippen MR) is 77.8 cm³/mol. The predicted octanol–water partition coefficient (Wildman–Crippen LogP) is 1.96. The van der Waals surface area contributed by atoms with E-state index in [9.17, 15) is 13.2 Å². The number of methoxy groups -OCH3 is 1. The van der Waals surface area contributed by atoms with E-state index in [0.717, 1.165) is 0 Å². The van der Waals surface area contributed by atoms with E-state index >= 15 is 0 Å². The van der Waals surface area contributed by atoms with E-state index in [-0.39, 0.29) is 40.0 Å². The molecule has 9 heteroatoms. The molecule has 0 spiro atoms. The van der Waals surface area contributed by atoms with E-state index in [1.165, 1.54) is 23.7 Å². The Balaban J connectivity index is 2.14. The Labute approximate surface area is 133 Å². The number of nitrogens with zero attached hydrogens (tertiary/aromatic N) is 2. The topological polar surface area (TPSA) is 76.6 Å². The molecule has 116 valence electrons. The molecule has 0 amide bonds. The maximum atomic E-state index is 12.5. The zero-order valence-corrected chi connectivity index (χ0v) is 13.6. The molecule has 0 radical (unpaired) electrons. The molecule has 0 aliphatic carbocycles. The number of halogens is 2. The molecule has 1 aromatic rings. The van der Waals surface area contributed by atoms with Gasteiger partial charge in [-0.1, -0.05) is 23.2 Å². The van der Waals surface area contributed by atoms with Gasteiger partial charge in [0.25, 0.3) is 0 Å². The highest BCUT2D eigenvalue weighted by Crippen LogP contribution is 2.27.